The van der Waals surface area contributed by atoms with Gasteiger partial charge in [0.15, 0.2) is 0 Å². The number of aromatic nitrogens is 3. The minimum Gasteiger partial charge on any atom is -0.496 e. The highest BCUT2D eigenvalue weighted by Crippen LogP contribution is 2.43. The number of nitrogens with zero attached hydrogens (tertiary/aromatic N) is 3. The SMILES string of the molecule is COc1cccc2c1cc(C)n2CCNc1cc(-c2ccc(C(=O)O)c(C3CC3)c2)ncn1. The maximum atomic E-state index is 11.6. The average molecular weight is 443 g/mol. The van der Waals surface area contributed by atoms with Gasteiger partial charge in [0.2, 0.25) is 0 Å². The zero-order chi connectivity index (χ0) is 22.9. The van der Waals surface area contributed by atoms with Crippen LogP contribution in [0.3, 0.4) is 0 Å². The van der Waals surface area contributed by atoms with Crippen LogP contribution in [0.2, 0.25) is 0 Å². The molecule has 168 valence electrons. The topological polar surface area (TPSA) is 89.3 Å². The number of methoxy groups -OCH3 is 1. The molecule has 1 aliphatic carbocycles. The molecule has 2 N–H and O–H groups in total. The summed E-state index contributed by atoms with van der Waals surface area (Å²) in [5.74, 6) is 1.08. The maximum absolute atomic E-state index is 11.6. The molecule has 0 aliphatic heterocycles. The Bertz CT molecular complexity index is 1340. The van der Waals surface area contributed by atoms with Crippen molar-refractivity contribution in [2.75, 3.05) is 19.0 Å². The third-order valence-corrected chi connectivity index (χ3v) is 6.24. The average Bonchev–Trinajstić information content (AvgIpc) is 3.62. The Hall–Kier alpha value is -3.87. The van der Waals surface area contributed by atoms with Crippen molar-refractivity contribution in [3.63, 3.8) is 0 Å². The quantitative estimate of drug-likeness (QED) is 0.394. The van der Waals surface area contributed by atoms with Crippen molar-refractivity contribution in [1.82, 2.24) is 14.5 Å². The number of ether oxygens (including phenoxy) is 1. The van der Waals surface area contributed by atoms with Crippen LogP contribution in [0.5, 0.6) is 5.75 Å². The highest BCUT2D eigenvalue weighted by Gasteiger charge is 2.28. The number of benzene rings is 2. The van der Waals surface area contributed by atoms with Gasteiger partial charge in [0.25, 0.3) is 0 Å². The Morgan fingerprint density at radius 1 is 1.18 bits per heavy atom. The second-order valence-electron chi connectivity index (χ2n) is 8.43. The molecule has 33 heavy (non-hydrogen) atoms. The first-order valence-corrected chi connectivity index (χ1v) is 11.1. The lowest BCUT2D eigenvalue weighted by Crippen LogP contribution is -2.12. The number of rotatable bonds is 8. The Balaban J connectivity index is 1.33. The maximum Gasteiger partial charge on any atom is 0.335 e. The van der Waals surface area contributed by atoms with Gasteiger partial charge in [-0.15, -0.1) is 0 Å². The van der Waals surface area contributed by atoms with Crippen molar-refractivity contribution >= 4 is 22.7 Å². The number of hydrogen-bond acceptors (Lipinski definition) is 5. The van der Waals surface area contributed by atoms with Crippen molar-refractivity contribution in [2.24, 2.45) is 0 Å². The summed E-state index contributed by atoms with van der Waals surface area (Å²) in [5, 5.41) is 14.0. The summed E-state index contributed by atoms with van der Waals surface area (Å²) in [5.41, 5.74) is 5.29. The molecular weight excluding hydrogens is 416 g/mol. The fourth-order valence-electron chi connectivity index (χ4n) is 4.42. The van der Waals surface area contributed by atoms with Gasteiger partial charge in [-0.2, -0.15) is 0 Å². The van der Waals surface area contributed by atoms with E-state index < -0.39 is 5.97 Å². The highest BCUT2D eigenvalue weighted by molar-refractivity contribution is 5.91. The number of anilines is 1. The van der Waals surface area contributed by atoms with Gasteiger partial charge in [0.1, 0.15) is 17.9 Å². The molecule has 5 rings (SSSR count). The number of nitrogens with one attached hydrogen (secondary N) is 1. The number of hydrogen-bond donors (Lipinski definition) is 2. The molecule has 0 unspecified atom stereocenters. The monoisotopic (exact) mass is 442 g/mol. The largest absolute Gasteiger partial charge is 0.496 e. The van der Waals surface area contributed by atoms with Crippen LogP contribution in [0.4, 0.5) is 5.82 Å². The van der Waals surface area contributed by atoms with E-state index in [1.54, 1.807) is 19.5 Å². The summed E-state index contributed by atoms with van der Waals surface area (Å²) in [4.78, 5) is 20.4. The van der Waals surface area contributed by atoms with E-state index >= 15 is 0 Å². The van der Waals surface area contributed by atoms with E-state index in [2.05, 4.69) is 38.9 Å². The zero-order valence-corrected chi connectivity index (χ0v) is 18.7. The van der Waals surface area contributed by atoms with E-state index in [9.17, 15) is 9.90 Å². The van der Waals surface area contributed by atoms with Crippen molar-refractivity contribution in [3.8, 4) is 17.0 Å². The molecule has 0 atom stereocenters. The van der Waals surface area contributed by atoms with Gasteiger partial charge in [-0.25, -0.2) is 14.8 Å². The third kappa shape index (κ3) is 4.14. The Labute approximate surface area is 192 Å². The smallest absolute Gasteiger partial charge is 0.335 e. The lowest BCUT2D eigenvalue weighted by Gasteiger charge is -2.12. The number of carbonyl (C=O) groups is 1. The van der Waals surface area contributed by atoms with Crippen LogP contribution >= 0.6 is 0 Å². The van der Waals surface area contributed by atoms with Crippen molar-refractivity contribution in [2.45, 2.75) is 32.2 Å². The van der Waals surface area contributed by atoms with Crippen molar-refractivity contribution in [1.29, 1.82) is 0 Å². The van der Waals surface area contributed by atoms with Crippen LogP contribution in [0.25, 0.3) is 22.2 Å². The molecule has 2 aromatic carbocycles. The van der Waals surface area contributed by atoms with E-state index in [0.29, 0.717) is 18.0 Å². The second kappa shape index (κ2) is 8.58. The zero-order valence-electron chi connectivity index (χ0n) is 18.7. The number of aromatic carboxylic acids is 1. The molecule has 7 heteroatoms. The normalized spacial score (nSPS) is 13.3. The molecule has 4 aromatic rings. The van der Waals surface area contributed by atoms with Crippen LogP contribution in [0.1, 0.15) is 40.4 Å². The fraction of sp³-hybridized carbons (Fsp3) is 0.269. The van der Waals surface area contributed by atoms with Gasteiger partial charge in [-0.05, 0) is 61.6 Å². The van der Waals surface area contributed by atoms with Crippen LogP contribution in [0.15, 0.2) is 54.9 Å². The fourth-order valence-corrected chi connectivity index (χ4v) is 4.42. The van der Waals surface area contributed by atoms with E-state index in [1.165, 1.54) is 5.69 Å². The molecule has 0 bridgehead atoms. The summed E-state index contributed by atoms with van der Waals surface area (Å²) in [6.45, 7) is 3.57. The molecule has 1 fully saturated rings. The van der Waals surface area contributed by atoms with Crippen LogP contribution in [0, 0.1) is 6.92 Å². The molecule has 2 aromatic heterocycles. The van der Waals surface area contributed by atoms with Crippen LogP contribution in [-0.4, -0.2) is 39.3 Å². The molecule has 1 saturated carbocycles. The van der Waals surface area contributed by atoms with Crippen molar-refractivity contribution < 1.29 is 14.6 Å². The van der Waals surface area contributed by atoms with Gasteiger partial charge < -0.3 is 19.7 Å². The number of aryl methyl sites for hydroxylation is 1. The van der Waals surface area contributed by atoms with Gasteiger partial charge in [0.05, 0.1) is 23.9 Å². The molecular formula is C26H26N4O3. The third-order valence-electron chi connectivity index (χ3n) is 6.24. The predicted octanol–water partition coefficient (Wildman–Crippen LogP) is 5.10. The first kappa shape index (κ1) is 21.0. The first-order chi connectivity index (χ1) is 16.0. The van der Waals surface area contributed by atoms with Crippen LogP contribution < -0.4 is 10.1 Å². The van der Waals surface area contributed by atoms with E-state index in [4.69, 9.17) is 4.74 Å². The molecule has 0 saturated heterocycles. The van der Waals surface area contributed by atoms with E-state index in [0.717, 1.165) is 58.7 Å². The molecule has 0 amide bonds. The Morgan fingerprint density at radius 2 is 2.03 bits per heavy atom. The van der Waals surface area contributed by atoms with Gasteiger partial charge in [-0.1, -0.05) is 12.1 Å². The summed E-state index contributed by atoms with van der Waals surface area (Å²) in [6.07, 6.45) is 3.63. The van der Waals surface area contributed by atoms with E-state index in [1.807, 2.05) is 30.3 Å². The second-order valence-corrected chi connectivity index (χ2v) is 8.43. The van der Waals surface area contributed by atoms with Crippen LogP contribution in [-0.2, 0) is 6.54 Å². The minimum atomic E-state index is -0.876. The highest BCUT2D eigenvalue weighted by atomic mass is 16.5. The van der Waals surface area contributed by atoms with Gasteiger partial charge in [0, 0.05) is 35.8 Å². The van der Waals surface area contributed by atoms with Gasteiger partial charge in [-0.3, -0.25) is 0 Å². The minimum absolute atomic E-state index is 0.341. The summed E-state index contributed by atoms with van der Waals surface area (Å²) in [7, 11) is 1.69. The predicted molar refractivity (Wildman–Crippen MR) is 128 cm³/mol. The summed E-state index contributed by atoms with van der Waals surface area (Å²) < 4.78 is 7.76. The lowest BCUT2D eigenvalue weighted by molar-refractivity contribution is 0.0695. The number of carboxylic acid groups (broad SMARTS) is 1. The molecule has 1 aliphatic rings. The lowest BCUT2D eigenvalue weighted by atomic mass is 9.98. The molecule has 0 spiro atoms. The first-order valence-electron chi connectivity index (χ1n) is 11.1. The standard InChI is InChI=1S/C26H26N4O3/c1-16-12-21-23(4-3-5-24(21)33-2)30(16)11-10-27-25-14-22(28-15-29-25)18-8-9-19(26(31)32)20(13-18)17-6-7-17/h3-5,8-9,12-15,17H,6-7,10-11H2,1-2H3,(H,31,32)(H,27,28,29). The van der Waals surface area contributed by atoms with Crippen molar-refractivity contribution in [3.05, 3.63) is 71.7 Å². The molecule has 2 heterocycles. The van der Waals surface area contributed by atoms with E-state index in [-0.39, 0.29) is 0 Å². The summed E-state index contributed by atoms with van der Waals surface area (Å²) >= 11 is 0. The number of carboxylic acids is 1. The summed E-state index contributed by atoms with van der Waals surface area (Å²) in [6, 6.07) is 15.6. The Morgan fingerprint density at radius 3 is 2.79 bits per heavy atom. The van der Waals surface area contributed by atoms with Gasteiger partial charge >= 0.3 is 5.97 Å². The molecule has 0 radical (unpaired) electrons. The Kier molecular flexibility index (Phi) is 5.46. The molecule has 7 nitrogen and oxygen atoms in total. The number of fused-ring (bicyclic) bond motifs is 1.